The SMILES string of the molecule is Cc1ccc(Nc2nc(NC3CCCCC3N)c(F)cc2C(N)=O)cn1. The monoisotopic (exact) mass is 358 g/mol. The van der Waals surface area contributed by atoms with Gasteiger partial charge in [-0.1, -0.05) is 12.8 Å². The van der Waals surface area contributed by atoms with Crippen LogP contribution in [0.2, 0.25) is 0 Å². The average molecular weight is 358 g/mol. The highest BCUT2D eigenvalue weighted by Crippen LogP contribution is 2.26. The normalized spacial score (nSPS) is 19.8. The Bertz CT molecular complexity index is 795. The van der Waals surface area contributed by atoms with Crippen LogP contribution in [0, 0.1) is 12.7 Å². The first-order valence-corrected chi connectivity index (χ1v) is 8.66. The Balaban J connectivity index is 1.90. The quantitative estimate of drug-likeness (QED) is 0.652. The van der Waals surface area contributed by atoms with Gasteiger partial charge in [-0.15, -0.1) is 0 Å². The fraction of sp³-hybridized carbons (Fsp3) is 0.389. The molecule has 0 radical (unpaired) electrons. The highest BCUT2D eigenvalue weighted by atomic mass is 19.1. The van der Waals surface area contributed by atoms with Gasteiger partial charge in [0.15, 0.2) is 11.6 Å². The molecule has 0 spiro atoms. The average Bonchev–Trinajstić information content (AvgIpc) is 2.61. The van der Waals surface area contributed by atoms with E-state index in [1.54, 1.807) is 12.3 Å². The molecule has 0 saturated heterocycles. The number of hydrogen-bond acceptors (Lipinski definition) is 6. The van der Waals surface area contributed by atoms with Crippen molar-refractivity contribution in [3.8, 4) is 0 Å². The van der Waals surface area contributed by atoms with E-state index >= 15 is 0 Å². The number of nitrogens with one attached hydrogen (secondary N) is 2. The molecule has 1 amide bonds. The van der Waals surface area contributed by atoms with Gasteiger partial charge in [-0.05, 0) is 38.0 Å². The summed E-state index contributed by atoms with van der Waals surface area (Å²) in [5.41, 5.74) is 12.9. The van der Waals surface area contributed by atoms with Crippen molar-refractivity contribution in [3.05, 3.63) is 41.5 Å². The molecule has 2 aromatic heterocycles. The van der Waals surface area contributed by atoms with Crippen molar-refractivity contribution >= 4 is 23.2 Å². The second-order valence-corrected chi connectivity index (χ2v) is 6.59. The smallest absolute Gasteiger partial charge is 0.252 e. The fourth-order valence-corrected chi connectivity index (χ4v) is 3.07. The summed E-state index contributed by atoms with van der Waals surface area (Å²) in [4.78, 5) is 20.1. The molecule has 8 heteroatoms. The van der Waals surface area contributed by atoms with Crippen molar-refractivity contribution in [2.75, 3.05) is 10.6 Å². The second-order valence-electron chi connectivity index (χ2n) is 6.59. The van der Waals surface area contributed by atoms with Gasteiger partial charge in [0.1, 0.15) is 5.82 Å². The molecule has 2 atom stereocenters. The number of nitrogens with zero attached hydrogens (tertiary/aromatic N) is 2. The number of carbonyl (C=O) groups is 1. The zero-order chi connectivity index (χ0) is 18.7. The largest absolute Gasteiger partial charge is 0.365 e. The summed E-state index contributed by atoms with van der Waals surface area (Å²) < 4.78 is 14.5. The molecule has 2 unspecified atom stereocenters. The summed E-state index contributed by atoms with van der Waals surface area (Å²) in [6.07, 6.45) is 5.45. The number of aryl methyl sites for hydroxylation is 1. The summed E-state index contributed by atoms with van der Waals surface area (Å²) in [7, 11) is 0. The number of rotatable bonds is 5. The number of hydrogen-bond donors (Lipinski definition) is 4. The van der Waals surface area contributed by atoms with E-state index in [1.807, 2.05) is 13.0 Å². The molecule has 0 bridgehead atoms. The third-order valence-electron chi connectivity index (χ3n) is 4.56. The van der Waals surface area contributed by atoms with Gasteiger partial charge in [-0.2, -0.15) is 0 Å². The zero-order valence-electron chi connectivity index (χ0n) is 14.6. The number of halogens is 1. The maximum absolute atomic E-state index is 14.5. The van der Waals surface area contributed by atoms with E-state index in [1.165, 1.54) is 0 Å². The number of anilines is 3. The van der Waals surface area contributed by atoms with E-state index in [4.69, 9.17) is 11.5 Å². The molecule has 2 aromatic rings. The predicted molar refractivity (Wildman–Crippen MR) is 98.8 cm³/mol. The number of carbonyl (C=O) groups excluding carboxylic acids is 1. The van der Waals surface area contributed by atoms with Crippen molar-refractivity contribution in [2.24, 2.45) is 11.5 Å². The fourth-order valence-electron chi connectivity index (χ4n) is 3.07. The maximum Gasteiger partial charge on any atom is 0.252 e. The van der Waals surface area contributed by atoms with Gasteiger partial charge in [0, 0.05) is 17.8 Å². The summed E-state index contributed by atoms with van der Waals surface area (Å²) in [5, 5.41) is 6.07. The van der Waals surface area contributed by atoms with Crippen LogP contribution in [0.5, 0.6) is 0 Å². The van der Waals surface area contributed by atoms with Crippen LogP contribution in [-0.4, -0.2) is 28.0 Å². The lowest BCUT2D eigenvalue weighted by Gasteiger charge is -2.30. The number of nitrogens with two attached hydrogens (primary N) is 2. The minimum absolute atomic E-state index is 0.0263. The zero-order valence-corrected chi connectivity index (χ0v) is 14.6. The predicted octanol–water partition coefficient (Wildman–Crippen LogP) is 2.45. The van der Waals surface area contributed by atoms with Crippen LogP contribution in [0.4, 0.5) is 21.7 Å². The molecular formula is C18H23FN6O. The summed E-state index contributed by atoms with van der Waals surface area (Å²) in [6, 6.07) is 4.59. The first-order valence-electron chi connectivity index (χ1n) is 8.66. The molecule has 1 aliphatic carbocycles. The summed E-state index contributed by atoms with van der Waals surface area (Å²) >= 11 is 0. The first-order chi connectivity index (χ1) is 12.4. The van der Waals surface area contributed by atoms with Crippen LogP contribution in [-0.2, 0) is 0 Å². The van der Waals surface area contributed by atoms with Gasteiger partial charge >= 0.3 is 0 Å². The van der Waals surface area contributed by atoms with Gasteiger partial charge in [-0.25, -0.2) is 9.37 Å². The third-order valence-corrected chi connectivity index (χ3v) is 4.56. The van der Waals surface area contributed by atoms with Gasteiger partial charge in [-0.3, -0.25) is 9.78 Å². The van der Waals surface area contributed by atoms with Crippen LogP contribution < -0.4 is 22.1 Å². The molecule has 1 saturated carbocycles. The molecule has 6 N–H and O–H groups in total. The molecule has 1 aliphatic rings. The minimum atomic E-state index is -0.764. The first kappa shape index (κ1) is 18.1. The van der Waals surface area contributed by atoms with Crippen LogP contribution in [0.15, 0.2) is 24.4 Å². The van der Waals surface area contributed by atoms with Gasteiger partial charge in [0.25, 0.3) is 5.91 Å². The number of aromatic nitrogens is 2. The minimum Gasteiger partial charge on any atom is -0.365 e. The Morgan fingerprint density at radius 1 is 1.27 bits per heavy atom. The lowest BCUT2D eigenvalue weighted by Crippen LogP contribution is -2.43. The summed E-state index contributed by atoms with van der Waals surface area (Å²) in [6.45, 7) is 1.87. The lowest BCUT2D eigenvalue weighted by molar-refractivity contribution is 0.100. The summed E-state index contributed by atoms with van der Waals surface area (Å²) in [5.74, 6) is -1.17. The molecule has 3 rings (SSSR count). The molecule has 26 heavy (non-hydrogen) atoms. The van der Waals surface area contributed by atoms with E-state index in [0.717, 1.165) is 37.4 Å². The molecule has 0 aliphatic heterocycles. The topological polar surface area (TPSA) is 119 Å². The van der Waals surface area contributed by atoms with Gasteiger partial charge < -0.3 is 22.1 Å². The molecule has 0 aromatic carbocycles. The highest BCUT2D eigenvalue weighted by molar-refractivity contribution is 5.98. The molecule has 1 fully saturated rings. The Morgan fingerprint density at radius 2 is 2.04 bits per heavy atom. The Labute approximate surface area is 151 Å². The third kappa shape index (κ3) is 4.08. The van der Waals surface area contributed by atoms with Crippen molar-refractivity contribution in [2.45, 2.75) is 44.7 Å². The lowest BCUT2D eigenvalue weighted by atomic mass is 9.91. The Morgan fingerprint density at radius 3 is 2.69 bits per heavy atom. The van der Waals surface area contributed by atoms with Crippen molar-refractivity contribution in [1.82, 2.24) is 9.97 Å². The van der Waals surface area contributed by atoms with Crippen molar-refractivity contribution in [3.63, 3.8) is 0 Å². The molecule has 138 valence electrons. The van der Waals surface area contributed by atoms with Crippen LogP contribution in [0.1, 0.15) is 41.7 Å². The highest BCUT2D eigenvalue weighted by Gasteiger charge is 2.24. The number of primary amides is 1. The van der Waals surface area contributed by atoms with E-state index in [2.05, 4.69) is 20.6 Å². The standard InChI is InChI=1S/C18H23FN6O/c1-10-6-7-11(9-22-10)23-17-12(16(21)26)8-13(19)18(25-17)24-15-5-3-2-4-14(15)20/h6-9,14-15H,2-5,20H2,1H3,(H2,21,26)(H2,23,24,25). The van der Waals surface area contributed by atoms with Gasteiger partial charge in [0.2, 0.25) is 0 Å². The van der Waals surface area contributed by atoms with E-state index < -0.39 is 11.7 Å². The maximum atomic E-state index is 14.5. The molecule has 2 heterocycles. The van der Waals surface area contributed by atoms with Crippen LogP contribution >= 0.6 is 0 Å². The number of amides is 1. The number of pyridine rings is 2. The van der Waals surface area contributed by atoms with Gasteiger partial charge in [0.05, 0.1) is 17.4 Å². The van der Waals surface area contributed by atoms with E-state index in [9.17, 15) is 9.18 Å². The molecular weight excluding hydrogens is 335 g/mol. The van der Waals surface area contributed by atoms with Crippen molar-refractivity contribution < 1.29 is 9.18 Å². The van der Waals surface area contributed by atoms with E-state index in [-0.39, 0.29) is 29.3 Å². The van der Waals surface area contributed by atoms with Crippen molar-refractivity contribution in [1.29, 1.82) is 0 Å². The Hall–Kier alpha value is -2.74. The van der Waals surface area contributed by atoms with E-state index in [0.29, 0.717) is 5.69 Å². The molecule has 7 nitrogen and oxygen atoms in total. The van der Waals surface area contributed by atoms with Crippen LogP contribution in [0.3, 0.4) is 0 Å². The second kappa shape index (κ2) is 7.65. The Kier molecular flexibility index (Phi) is 5.32. The van der Waals surface area contributed by atoms with Crippen LogP contribution in [0.25, 0.3) is 0 Å².